The van der Waals surface area contributed by atoms with Crippen LogP contribution >= 0.6 is 0 Å². The zero-order valence-electron chi connectivity index (χ0n) is 6.87. The first-order valence-corrected chi connectivity index (χ1v) is 3.81. The van der Waals surface area contributed by atoms with E-state index >= 15 is 0 Å². The lowest BCUT2D eigenvalue weighted by molar-refractivity contribution is 0.0461. The first kappa shape index (κ1) is 8.33. The molecule has 4 nitrogen and oxygen atoms in total. The smallest absolute Gasteiger partial charge is 0.386 e. The molecule has 0 aliphatic carbocycles. The van der Waals surface area contributed by atoms with Crippen molar-refractivity contribution in [3.63, 3.8) is 0 Å². The van der Waals surface area contributed by atoms with Crippen LogP contribution in [0.5, 0.6) is 0 Å². The van der Waals surface area contributed by atoms with Crippen molar-refractivity contribution < 1.29 is 14.2 Å². The van der Waals surface area contributed by atoms with Gasteiger partial charge in [0.05, 0.1) is 6.61 Å². The number of hydrogen-bond donors (Lipinski definition) is 0. The molecule has 0 aromatic carbocycles. The van der Waals surface area contributed by atoms with Crippen LogP contribution in [0.4, 0.5) is 0 Å². The van der Waals surface area contributed by atoms with E-state index in [1.54, 1.807) is 0 Å². The maximum Gasteiger partial charge on any atom is 0.386 e. The lowest BCUT2D eigenvalue weighted by atomic mass is 10.6. The standard InChI is InChI=1S/C7H13NO3/c1-3-9-6-5-11-7(8-6)10-4-2/h6H,3-5H2,1-2H3. The molecule has 0 aromatic heterocycles. The predicted octanol–water partition coefficient (Wildman–Crippen LogP) is 0.772. The molecule has 0 amide bonds. The molecule has 0 saturated carbocycles. The molecular formula is C7H13NO3. The second kappa shape index (κ2) is 4.18. The average Bonchev–Trinajstić information content (AvgIpc) is 2.38. The quantitative estimate of drug-likeness (QED) is 0.610. The van der Waals surface area contributed by atoms with Crippen LogP contribution in [0.1, 0.15) is 13.8 Å². The number of hydrogen-bond acceptors (Lipinski definition) is 4. The maximum atomic E-state index is 5.19. The molecule has 1 aliphatic heterocycles. The molecule has 0 saturated heterocycles. The van der Waals surface area contributed by atoms with E-state index in [2.05, 4.69) is 4.99 Å². The summed E-state index contributed by atoms with van der Waals surface area (Å²) in [5.74, 6) is 0. The highest BCUT2D eigenvalue weighted by Gasteiger charge is 2.19. The third-order valence-electron chi connectivity index (χ3n) is 1.23. The summed E-state index contributed by atoms with van der Waals surface area (Å²) < 4.78 is 15.3. The van der Waals surface area contributed by atoms with Crippen LogP contribution in [-0.4, -0.2) is 32.1 Å². The summed E-state index contributed by atoms with van der Waals surface area (Å²) in [6, 6.07) is 0. The fourth-order valence-corrected chi connectivity index (χ4v) is 0.815. The molecule has 0 fully saturated rings. The minimum atomic E-state index is -0.165. The first-order chi connectivity index (χ1) is 5.36. The van der Waals surface area contributed by atoms with E-state index in [-0.39, 0.29) is 6.23 Å². The molecule has 1 heterocycles. The summed E-state index contributed by atoms with van der Waals surface area (Å²) >= 11 is 0. The summed E-state index contributed by atoms with van der Waals surface area (Å²) in [5.41, 5.74) is 0. The van der Waals surface area contributed by atoms with Gasteiger partial charge in [0.25, 0.3) is 0 Å². The van der Waals surface area contributed by atoms with Crippen LogP contribution in [0.15, 0.2) is 4.99 Å². The van der Waals surface area contributed by atoms with Gasteiger partial charge < -0.3 is 14.2 Å². The highest BCUT2D eigenvalue weighted by atomic mass is 16.7. The van der Waals surface area contributed by atoms with E-state index in [1.165, 1.54) is 0 Å². The summed E-state index contributed by atoms with van der Waals surface area (Å²) in [6.45, 7) is 5.52. The highest BCUT2D eigenvalue weighted by Crippen LogP contribution is 2.06. The predicted molar refractivity (Wildman–Crippen MR) is 40.4 cm³/mol. The third kappa shape index (κ3) is 2.38. The van der Waals surface area contributed by atoms with Crippen molar-refractivity contribution in [1.82, 2.24) is 0 Å². The summed E-state index contributed by atoms with van der Waals surface area (Å²) in [5, 5.41) is 0. The van der Waals surface area contributed by atoms with Gasteiger partial charge in [-0.15, -0.1) is 0 Å². The van der Waals surface area contributed by atoms with Gasteiger partial charge in [-0.3, -0.25) is 0 Å². The van der Waals surface area contributed by atoms with E-state index in [0.717, 1.165) is 0 Å². The molecule has 1 atom stereocenters. The number of aliphatic imine (C=N–C) groups is 1. The minimum absolute atomic E-state index is 0.165. The van der Waals surface area contributed by atoms with E-state index in [0.29, 0.717) is 25.9 Å². The van der Waals surface area contributed by atoms with Crippen molar-refractivity contribution in [3.8, 4) is 0 Å². The average molecular weight is 159 g/mol. The summed E-state index contributed by atoms with van der Waals surface area (Å²) in [4.78, 5) is 4.02. The topological polar surface area (TPSA) is 40.0 Å². The molecule has 1 aliphatic rings. The Balaban J connectivity index is 2.28. The Hall–Kier alpha value is -0.770. The molecule has 64 valence electrons. The Morgan fingerprint density at radius 3 is 3.00 bits per heavy atom. The van der Waals surface area contributed by atoms with Crippen LogP contribution in [0, 0.1) is 0 Å². The van der Waals surface area contributed by atoms with Crippen LogP contribution in [0.25, 0.3) is 0 Å². The van der Waals surface area contributed by atoms with Gasteiger partial charge in [0.2, 0.25) is 0 Å². The van der Waals surface area contributed by atoms with Gasteiger partial charge >= 0.3 is 6.08 Å². The maximum absolute atomic E-state index is 5.19. The first-order valence-electron chi connectivity index (χ1n) is 3.81. The molecule has 4 heteroatoms. The van der Waals surface area contributed by atoms with E-state index in [9.17, 15) is 0 Å². The third-order valence-corrected chi connectivity index (χ3v) is 1.23. The molecule has 0 spiro atoms. The van der Waals surface area contributed by atoms with Gasteiger partial charge in [0.15, 0.2) is 6.23 Å². The second-order valence-electron chi connectivity index (χ2n) is 2.05. The Bertz CT molecular complexity index is 147. The molecular weight excluding hydrogens is 146 g/mol. The molecule has 0 radical (unpaired) electrons. The van der Waals surface area contributed by atoms with Crippen LogP contribution < -0.4 is 0 Å². The Morgan fingerprint density at radius 1 is 1.55 bits per heavy atom. The fourth-order valence-electron chi connectivity index (χ4n) is 0.815. The Morgan fingerprint density at radius 2 is 2.36 bits per heavy atom. The van der Waals surface area contributed by atoms with Gasteiger partial charge in [-0.1, -0.05) is 0 Å². The van der Waals surface area contributed by atoms with Gasteiger partial charge in [-0.05, 0) is 13.8 Å². The molecule has 1 unspecified atom stereocenters. The largest absolute Gasteiger partial charge is 0.451 e. The van der Waals surface area contributed by atoms with Crippen molar-refractivity contribution in [1.29, 1.82) is 0 Å². The van der Waals surface area contributed by atoms with Crippen molar-refractivity contribution in [3.05, 3.63) is 0 Å². The van der Waals surface area contributed by atoms with Gasteiger partial charge in [0, 0.05) is 6.61 Å². The SMILES string of the molecule is CCOC1=NC(OCC)CO1. The van der Waals surface area contributed by atoms with E-state index in [4.69, 9.17) is 14.2 Å². The van der Waals surface area contributed by atoms with Gasteiger partial charge in [-0.25, -0.2) is 0 Å². The van der Waals surface area contributed by atoms with Crippen molar-refractivity contribution in [2.45, 2.75) is 20.1 Å². The van der Waals surface area contributed by atoms with Gasteiger partial charge in [-0.2, -0.15) is 4.99 Å². The van der Waals surface area contributed by atoms with Crippen LogP contribution in [0.2, 0.25) is 0 Å². The normalized spacial score (nSPS) is 22.7. The zero-order chi connectivity index (χ0) is 8.10. The van der Waals surface area contributed by atoms with Crippen molar-refractivity contribution in [2.75, 3.05) is 19.8 Å². The molecule has 11 heavy (non-hydrogen) atoms. The molecule has 0 aromatic rings. The summed E-state index contributed by atoms with van der Waals surface area (Å²) in [7, 11) is 0. The van der Waals surface area contributed by atoms with Crippen molar-refractivity contribution >= 4 is 6.08 Å². The number of nitrogens with zero attached hydrogens (tertiary/aromatic N) is 1. The fraction of sp³-hybridized carbons (Fsp3) is 0.857. The molecule has 0 N–H and O–H groups in total. The highest BCUT2D eigenvalue weighted by molar-refractivity contribution is 5.68. The number of ether oxygens (including phenoxy) is 3. The zero-order valence-corrected chi connectivity index (χ0v) is 6.87. The minimum Gasteiger partial charge on any atom is -0.451 e. The van der Waals surface area contributed by atoms with E-state index in [1.807, 2.05) is 13.8 Å². The van der Waals surface area contributed by atoms with E-state index < -0.39 is 0 Å². The lowest BCUT2D eigenvalue weighted by Gasteiger charge is -2.01. The molecule has 0 bridgehead atoms. The number of rotatable bonds is 3. The Kier molecular flexibility index (Phi) is 3.16. The van der Waals surface area contributed by atoms with Crippen LogP contribution in [0.3, 0.4) is 0 Å². The monoisotopic (exact) mass is 159 g/mol. The Labute approximate surface area is 66.2 Å². The molecule has 1 rings (SSSR count). The summed E-state index contributed by atoms with van der Waals surface area (Å²) in [6.07, 6.45) is 0.187. The van der Waals surface area contributed by atoms with Crippen molar-refractivity contribution in [2.24, 2.45) is 4.99 Å². The van der Waals surface area contributed by atoms with Gasteiger partial charge in [0.1, 0.15) is 6.61 Å². The lowest BCUT2D eigenvalue weighted by Crippen LogP contribution is -2.10. The van der Waals surface area contributed by atoms with Crippen LogP contribution in [-0.2, 0) is 14.2 Å². The second-order valence-corrected chi connectivity index (χ2v) is 2.05.